The summed E-state index contributed by atoms with van der Waals surface area (Å²) in [6, 6.07) is 22.3. The Morgan fingerprint density at radius 3 is 1.82 bits per heavy atom. The van der Waals surface area contributed by atoms with Crippen molar-refractivity contribution in [2.24, 2.45) is 0 Å². The van der Waals surface area contributed by atoms with Crippen LogP contribution in [-0.4, -0.2) is 15.5 Å². The molecule has 0 N–H and O–H groups in total. The zero-order valence-electron chi connectivity index (χ0n) is 14.4. The van der Waals surface area contributed by atoms with Crippen LogP contribution >= 0.6 is 0 Å². The maximum atomic E-state index is 12.2. The molecule has 0 spiro atoms. The Kier molecular flexibility index (Phi) is 3.72. The molecule has 0 fully saturated rings. The third-order valence-corrected chi connectivity index (χ3v) is 4.24. The van der Waals surface area contributed by atoms with E-state index in [2.05, 4.69) is 15.5 Å². The Morgan fingerprint density at radius 2 is 1.21 bits per heavy atom. The highest BCUT2D eigenvalue weighted by molar-refractivity contribution is 5.75. The lowest BCUT2D eigenvalue weighted by molar-refractivity contribution is -0.793. The van der Waals surface area contributed by atoms with Crippen molar-refractivity contribution in [1.82, 2.24) is 15.5 Å². The van der Waals surface area contributed by atoms with Gasteiger partial charge in [-0.15, -0.1) is 0 Å². The Balaban J connectivity index is 1.55. The highest BCUT2D eigenvalue weighted by atomic mass is 16.8. The molecule has 0 unspecified atom stereocenters. The van der Waals surface area contributed by atoms with Gasteiger partial charge in [0, 0.05) is 28.4 Å². The van der Waals surface area contributed by atoms with Gasteiger partial charge in [-0.05, 0) is 4.90 Å². The molecule has 0 saturated heterocycles. The summed E-state index contributed by atoms with van der Waals surface area (Å²) >= 11 is 0. The lowest BCUT2D eigenvalue weighted by Crippen LogP contribution is -2.25. The maximum Gasteiger partial charge on any atom is 0.279 e. The minimum Gasteiger partial charge on any atom is -0.359 e. The van der Waals surface area contributed by atoms with Crippen molar-refractivity contribution in [3.8, 4) is 45.4 Å². The fraction of sp³-hybridized carbons (Fsp3) is 0. The third-order valence-electron chi connectivity index (χ3n) is 4.24. The highest BCUT2D eigenvalue weighted by Gasteiger charge is 2.29. The van der Waals surface area contributed by atoms with E-state index in [1.54, 1.807) is 12.1 Å². The lowest BCUT2D eigenvalue weighted by atomic mass is 10.1. The second-order valence-corrected chi connectivity index (χ2v) is 6.01. The van der Waals surface area contributed by atoms with Crippen LogP contribution in [-0.2, 0) is 0 Å². The van der Waals surface area contributed by atoms with Crippen molar-refractivity contribution in [2.45, 2.75) is 0 Å². The van der Waals surface area contributed by atoms with Gasteiger partial charge in [-0.25, -0.2) is 0 Å². The maximum absolute atomic E-state index is 12.2. The molecule has 136 valence electrons. The first-order valence-electron chi connectivity index (χ1n) is 8.44. The molecule has 0 radical (unpaired) electrons. The fourth-order valence-electron chi connectivity index (χ4n) is 2.88. The van der Waals surface area contributed by atoms with E-state index in [0.29, 0.717) is 17.2 Å². The molecule has 0 amide bonds. The summed E-state index contributed by atoms with van der Waals surface area (Å²) < 4.78 is 15.6. The van der Waals surface area contributed by atoms with Crippen LogP contribution in [0.15, 0.2) is 86.5 Å². The molecule has 5 aromatic rings. The minimum atomic E-state index is 0.0962. The van der Waals surface area contributed by atoms with Gasteiger partial charge in [0.2, 0.25) is 0 Å². The topological polar surface area (TPSA) is 105 Å². The number of nitrogens with zero attached hydrogens (tertiary/aromatic N) is 4. The number of aromatic nitrogens is 4. The fourth-order valence-corrected chi connectivity index (χ4v) is 2.88. The highest BCUT2D eigenvalue weighted by Crippen LogP contribution is 2.32. The summed E-state index contributed by atoms with van der Waals surface area (Å²) in [6.07, 6.45) is 0. The first-order chi connectivity index (χ1) is 13.8. The van der Waals surface area contributed by atoms with E-state index in [-0.39, 0.29) is 22.0 Å². The van der Waals surface area contributed by atoms with E-state index in [0.717, 1.165) is 11.1 Å². The van der Waals surface area contributed by atoms with Gasteiger partial charge >= 0.3 is 0 Å². The van der Waals surface area contributed by atoms with Crippen LogP contribution in [0.1, 0.15) is 0 Å². The van der Waals surface area contributed by atoms with E-state index in [4.69, 9.17) is 13.7 Å². The number of rotatable bonds is 4. The van der Waals surface area contributed by atoms with Crippen LogP contribution in [0.25, 0.3) is 45.4 Å². The van der Waals surface area contributed by atoms with Crippen molar-refractivity contribution >= 4 is 0 Å². The molecular weight excluding hydrogens is 360 g/mol. The summed E-state index contributed by atoms with van der Waals surface area (Å²) in [7, 11) is 0. The van der Waals surface area contributed by atoms with Crippen molar-refractivity contribution < 1.29 is 18.6 Å². The van der Waals surface area contributed by atoms with Gasteiger partial charge in [0.15, 0.2) is 22.9 Å². The number of hydrogen-bond acceptors (Lipinski definition) is 7. The number of benzene rings is 2. The van der Waals surface area contributed by atoms with Gasteiger partial charge < -0.3 is 14.3 Å². The molecule has 3 aromatic heterocycles. The second kappa shape index (κ2) is 6.51. The summed E-state index contributed by atoms with van der Waals surface area (Å²) in [5.74, 6) is 1.07. The van der Waals surface area contributed by atoms with Gasteiger partial charge in [0.05, 0.1) is 0 Å². The van der Waals surface area contributed by atoms with E-state index in [9.17, 15) is 5.21 Å². The molecular formula is C20H12N4O4. The Morgan fingerprint density at radius 1 is 0.679 bits per heavy atom. The molecule has 0 bridgehead atoms. The van der Waals surface area contributed by atoms with Gasteiger partial charge in [-0.1, -0.05) is 71.0 Å². The molecule has 3 heterocycles. The van der Waals surface area contributed by atoms with Crippen molar-refractivity contribution in [2.75, 3.05) is 0 Å². The quantitative estimate of drug-likeness (QED) is 0.440. The Labute approximate surface area is 158 Å². The van der Waals surface area contributed by atoms with Crippen molar-refractivity contribution in [3.63, 3.8) is 0 Å². The van der Waals surface area contributed by atoms with Gasteiger partial charge in [-0.3, -0.25) is 4.63 Å². The Bertz CT molecular complexity index is 1230. The second-order valence-electron chi connectivity index (χ2n) is 6.01. The first-order valence-corrected chi connectivity index (χ1v) is 8.44. The van der Waals surface area contributed by atoms with Gasteiger partial charge in [-0.2, -0.15) is 0 Å². The minimum absolute atomic E-state index is 0.0962. The summed E-state index contributed by atoms with van der Waals surface area (Å²) in [4.78, 5) is 0.277. The third kappa shape index (κ3) is 2.73. The molecule has 5 rings (SSSR count). The zero-order chi connectivity index (χ0) is 18.9. The van der Waals surface area contributed by atoms with Crippen molar-refractivity contribution in [3.05, 3.63) is 78.0 Å². The zero-order valence-corrected chi connectivity index (χ0v) is 14.4. The molecule has 28 heavy (non-hydrogen) atoms. The van der Waals surface area contributed by atoms with Crippen LogP contribution in [0.5, 0.6) is 0 Å². The van der Waals surface area contributed by atoms with Crippen LogP contribution in [0.4, 0.5) is 0 Å². The smallest absolute Gasteiger partial charge is 0.279 e. The van der Waals surface area contributed by atoms with E-state index >= 15 is 0 Å². The van der Waals surface area contributed by atoms with E-state index in [1.165, 1.54) is 0 Å². The monoisotopic (exact) mass is 372 g/mol. The molecule has 0 aliphatic rings. The Hall–Kier alpha value is -4.20. The average Bonchev–Trinajstić information content (AvgIpc) is 3.48. The van der Waals surface area contributed by atoms with Crippen LogP contribution in [0.3, 0.4) is 0 Å². The predicted octanol–water partition coefficient (Wildman–Crippen LogP) is 3.95. The van der Waals surface area contributed by atoms with Crippen LogP contribution in [0, 0.1) is 5.21 Å². The predicted molar refractivity (Wildman–Crippen MR) is 97.3 cm³/mol. The summed E-state index contributed by atoms with van der Waals surface area (Å²) in [5.41, 5.74) is 2.65. The first kappa shape index (κ1) is 16.0. The molecule has 8 heteroatoms. The average molecular weight is 372 g/mol. The molecule has 0 atom stereocenters. The van der Waals surface area contributed by atoms with Crippen molar-refractivity contribution in [1.29, 1.82) is 0 Å². The standard InChI is InChI=1S/C20H12N4O4/c25-24-20(16-12-18(27-22-16)14-9-5-2-6-10-14)19(23-28-24)15-11-17(26-21-15)13-7-3-1-4-8-13/h1-12H. The normalized spacial score (nSPS) is 11.0. The van der Waals surface area contributed by atoms with Crippen LogP contribution < -0.4 is 4.90 Å². The van der Waals surface area contributed by atoms with E-state index < -0.39 is 0 Å². The van der Waals surface area contributed by atoms with Gasteiger partial charge in [0.25, 0.3) is 11.4 Å². The molecule has 8 nitrogen and oxygen atoms in total. The SMILES string of the molecule is [O-][n+]1onc(-c2cc(-c3ccccc3)on2)c1-c1cc(-c2ccccc2)on1. The molecule has 0 aliphatic heterocycles. The van der Waals surface area contributed by atoms with Gasteiger partial charge in [0.1, 0.15) is 0 Å². The lowest BCUT2D eigenvalue weighted by Gasteiger charge is -1.92. The molecule has 0 aliphatic carbocycles. The molecule has 0 saturated carbocycles. The molecule has 2 aromatic carbocycles. The largest absolute Gasteiger partial charge is 0.359 e. The van der Waals surface area contributed by atoms with E-state index in [1.807, 2.05) is 60.7 Å². The van der Waals surface area contributed by atoms with Crippen LogP contribution in [0.2, 0.25) is 0 Å². The summed E-state index contributed by atoms with van der Waals surface area (Å²) in [5, 5.41) is 24.0. The summed E-state index contributed by atoms with van der Waals surface area (Å²) in [6.45, 7) is 0. The number of hydrogen-bond donors (Lipinski definition) is 0.